The zero-order valence-electron chi connectivity index (χ0n) is 20.1. The van der Waals surface area contributed by atoms with Crippen LogP contribution in [0.1, 0.15) is 38.0 Å². The molecular weight excluding hydrogens is 485 g/mol. The molecule has 3 atom stereocenters. The SMILES string of the molecule is C#CCO[C@H]1C[C@H](n2cc(C(F)(F)F)c(=O)[nH]c2=O)O[C@@H]1COC(=O)CN1CCN(CCCC)CC1. The third-order valence-electron chi connectivity index (χ3n) is 6.20. The van der Waals surface area contributed by atoms with Crippen LogP contribution in [0.4, 0.5) is 13.2 Å². The molecule has 0 aromatic carbocycles. The Morgan fingerprint density at radius 2 is 1.94 bits per heavy atom. The lowest BCUT2D eigenvalue weighted by molar-refractivity contribution is -0.153. The number of carbonyl (C=O) groups is 1. The summed E-state index contributed by atoms with van der Waals surface area (Å²) in [5.41, 5.74) is -4.14. The molecule has 2 aliphatic heterocycles. The van der Waals surface area contributed by atoms with Crippen LogP contribution in [-0.4, -0.2) is 90.0 Å². The molecule has 1 aromatic heterocycles. The molecule has 0 spiro atoms. The number of aromatic nitrogens is 2. The maximum atomic E-state index is 13.2. The smallest absolute Gasteiger partial charge is 0.423 e. The number of hydrogen-bond donors (Lipinski definition) is 1. The minimum Gasteiger partial charge on any atom is -0.462 e. The number of unbranched alkanes of at least 4 members (excludes halogenated alkanes) is 1. The molecule has 3 rings (SSSR count). The van der Waals surface area contributed by atoms with E-state index in [1.54, 1.807) is 4.98 Å². The Morgan fingerprint density at radius 3 is 2.58 bits per heavy atom. The molecule has 0 saturated carbocycles. The molecule has 1 aromatic rings. The molecule has 1 N–H and O–H groups in total. The maximum Gasteiger partial charge on any atom is 0.423 e. The van der Waals surface area contributed by atoms with E-state index in [0.29, 0.717) is 10.8 Å². The van der Waals surface area contributed by atoms with Crippen molar-refractivity contribution >= 4 is 5.97 Å². The number of nitrogens with one attached hydrogen (secondary N) is 1. The molecule has 0 unspecified atom stereocenters. The molecule has 0 bridgehead atoms. The van der Waals surface area contributed by atoms with Gasteiger partial charge in [-0.25, -0.2) is 4.79 Å². The number of rotatable bonds is 10. The summed E-state index contributed by atoms with van der Waals surface area (Å²) in [5, 5.41) is 0. The second-order valence-electron chi connectivity index (χ2n) is 8.78. The molecule has 0 amide bonds. The van der Waals surface area contributed by atoms with Crippen molar-refractivity contribution in [2.45, 2.75) is 50.8 Å². The second kappa shape index (κ2) is 12.5. The Hall–Kier alpha value is -2.66. The Labute approximate surface area is 206 Å². The van der Waals surface area contributed by atoms with E-state index in [4.69, 9.17) is 20.6 Å². The number of esters is 1. The van der Waals surface area contributed by atoms with Crippen molar-refractivity contribution in [3.8, 4) is 12.3 Å². The Balaban J connectivity index is 1.59. The number of H-pyrrole nitrogens is 1. The number of piperazine rings is 1. The van der Waals surface area contributed by atoms with Gasteiger partial charge in [0.2, 0.25) is 0 Å². The quantitative estimate of drug-likeness (QED) is 0.360. The highest BCUT2D eigenvalue weighted by Crippen LogP contribution is 2.32. The summed E-state index contributed by atoms with van der Waals surface area (Å²) in [6.45, 7) is 6.17. The number of hydrogen-bond acceptors (Lipinski definition) is 8. The van der Waals surface area contributed by atoms with Gasteiger partial charge in [-0.15, -0.1) is 6.42 Å². The van der Waals surface area contributed by atoms with Crippen molar-refractivity contribution in [2.24, 2.45) is 0 Å². The van der Waals surface area contributed by atoms with Crippen LogP contribution in [0, 0.1) is 12.3 Å². The van der Waals surface area contributed by atoms with Crippen molar-refractivity contribution in [1.29, 1.82) is 0 Å². The van der Waals surface area contributed by atoms with Gasteiger partial charge in [0.15, 0.2) is 0 Å². The minimum absolute atomic E-state index is 0.0349. The molecule has 2 saturated heterocycles. The van der Waals surface area contributed by atoms with Crippen molar-refractivity contribution in [3.05, 3.63) is 32.6 Å². The lowest BCUT2D eigenvalue weighted by atomic mass is 10.2. The largest absolute Gasteiger partial charge is 0.462 e. The molecule has 0 aliphatic carbocycles. The van der Waals surface area contributed by atoms with Gasteiger partial charge in [-0.05, 0) is 13.0 Å². The van der Waals surface area contributed by atoms with Crippen molar-refractivity contribution in [1.82, 2.24) is 19.4 Å². The number of nitrogens with zero attached hydrogens (tertiary/aromatic N) is 3. The monoisotopic (exact) mass is 516 g/mol. The van der Waals surface area contributed by atoms with E-state index < -0.39 is 47.4 Å². The fourth-order valence-corrected chi connectivity index (χ4v) is 4.21. The molecule has 200 valence electrons. The summed E-state index contributed by atoms with van der Waals surface area (Å²) in [6.07, 6.45) is 0.129. The number of halogens is 3. The Kier molecular flexibility index (Phi) is 9.72. The zero-order chi connectivity index (χ0) is 26.3. The lowest BCUT2D eigenvalue weighted by Crippen LogP contribution is -2.48. The maximum absolute atomic E-state index is 13.2. The van der Waals surface area contributed by atoms with E-state index in [0.717, 1.165) is 45.6 Å². The highest BCUT2D eigenvalue weighted by atomic mass is 19.4. The van der Waals surface area contributed by atoms with Gasteiger partial charge in [0.25, 0.3) is 5.56 Å². The van der Waals surface area contributed by atoms with E-state index >= 15 is 0 Å². The van der Waals surface area contributed by atoms with E-state index in [1.165, 1.54) is 0 Å². The highest BCUT2D eigenvalue weighted by molar-refractivity contribution is 5.71. The molecule has 2 aliphatic rings. The van der Waals surface area contributed by atoms with Crippen LogP contribution >= 0.6 is 0 Å². The van der Waals surface area contributed by atoms with Crippen molar-refractivity contribution in [2.75, 3.05) is 52.5 Å². The van der Waals surface area contributed by atoms with E-state index in [9.17, 15) is 27.6 Å². The molecule has 36 heavy (non-hydrogen) atoms. The minimum atomic E-state index is -4.96. The van der Waals surface area contributed by atoms with Crippen LogP contribution in [0.3, 0.4) is 0 Å². The summed E-state index contributed by atoms with van der Waals surface area (Å²) in [5.74, 6) is 1.82. The normalized spacial score (nSPS) is 23.5. The number of alkyl halides is 3. The fraction of sp³-hybridized carbons (Fsp3) is 0.696. The second-order valence-corrected chi connectivity index (χ2v) is 8.78. The summed E-state index contributed by atoms with van der Waals surface area (Å²) in [6, 6.07) is 0. The molecule has 2 fully saturated rings. The summed E-state index contributed by atoms with van der Waals surface area (Å²) in [4.78, 5) is 42.2. The van der Waals surface area contributed by atoms with Crippen LogP contribution in [0.25, 0.3) is 0 Å². The Morgan fingerprint density at radius 1 is 1.25 bits per heavy atom. The molecule has 0 radical (unpaired) electrons. The van der Waals surface area contributed by atoms with Gasteiger partial charge in [0.05, 0.1) is 12.6 Å². The fourth-order valence-electron chi connectivity index (χ4n) is 4.21. The lowest BCUT2D eigenvalue weighted by Gasteiger charge is -2.34. The number of carbonyl (C=O) groups excluding carboxylic acids is 1. The predicted octanol–water partition coefficient (Wildman–Crippen LogP) is 0.822. The standard InChI is InChI=1S/C23H31F3N4O6/c1-3-5-6-28-7-9-29(10-8-28)14-20(31)35-15-18-17(34-11-4-2)12-19(36-18)30-13-16(23(24,25)26)21(32)27-22(30)33/h2,13,17-19H,3,5-12,14-15H2,1H3,(H,27,32,33)/t17-,18+,19+/m0/s1. The summed E-state index contributed by atoms with van der Waals surface area (Å²) >= 11 is 0. The van der Waals surface area contributed by atoms with Gasteiger partial charge >= 0.3 is 17.8 Å². The van der Waals surface area contributed by atoms with E-state index in [2.05, 4.69) is 17.7 Å². The van der Waals surface area contributed by atoms with Gasteiger partial charge in [0.1, 0.15) is 31.1 Å². The number of terminal acetylenes is 1. The zero-order valence-corrected chi connectivity index (χ0v) is 20.1. The molecule has 13 heteroatoms. The highest BCUT2D eigenvalue weighted by Gasteiger charge is 2.40. The first kappa shape index (κ1) is 27.9. The summed E-state index contributed by atoms with van der Waals surface area (Å²) < 4.78 is 56.7. The molecule has 10 nitrogen and oxygen atoms in total. The van der Waals surface area contributed by atoms with E-state index in [1.807, 2.05) is 4.90 Å². The average Bonchev–Trinajstić information content (AvgIpc) is 3.22. The van der Waals surface area contributed by atoms with Crippen LogP contribution in [-0.2, 0) is 25.2 Å². The third kappa shape index (κ3) is 7.42. The van der Waals surface area contributed by atoms with Crippen LogP contribution < -0.4 is 11.2 Å². The Bertz CT molecular complexity index is 1040. The predicted molar refractivity (Wildman–Crippen MR) is 122 cm³/mol. The topological polar surface area (TPSA) is 106 Å². The summed E-state index contributed by atoms with van der Waals surface area (Å²) in [7, 11) is 0. The first-order valence-electron chi connectivity index (χ1n) is 11.9. The molecule has 3 heterocycles. The van der Waals surface area contributed by atoms with E-state index in [-0.39, 0.29) is 26.2 Å². The first-order valence-corrected chi connectivity index (χ1v) is 11.9. The molecular formula is C23H31F3N4O6. The van der Waals surface area contributed by atoms with Gasteiger partial charge in [-0.2, -0.15) is 13.2 Å². The van der Waals surface area contributed by atoms with Crippen LogP contribution in [0.15, 0.2) is 15.8 Å². The van der Waals surface area contributed by atoms with Crippen LogP contribution in [0.5, 0.6) is 0 Å². The number of aromatic amines is 1. The van der Waals surface area contributed by atoms with Gasteiger partial charge in [-0.3, -0.25) is 24.0 Å². The number of ether oxygens (including phenoxy) is 3. The van der Waals surface area contributed by atoms with Gasteiger partial charge in [-0.1, -0.05) is 19.3 Å². The van der Waals surface area contributed by atoms with Crippen molar-refractivity contribution in [3.63, 3.8) is 0 Å². The third-order valence-corrected chi connectivity index (χ3v) is 6.20. The van der Waals surface area contributed by atoms with Gasteiger partial charge < -0.3 is 19.1 Å². The van der Waals surface area contributed by atoms with Crippen molar-refractivity contribution < 1.29 is 32.2 Å². The first-order chi connectivity index (χ1) is 17.1. The average molecular weight is 517 g/mol. The van der Waals surface area contributed by atoms with Crippen LogP contribution in [0.2, 0.25) is 0 Å². The van der Waals surface area contributed by atoms with Gasteiger partial charge in [0, 0.05) is 38.8 Å².